The maximum absolute atomic E-state index is 9.38. The van der Waals surface area contributed by atoms with E-state index in [9.17, 15) is 5.11 Å². The van der Waals surface area contributed by atoms with Gasteiger partial charge in [0.1, 0.15) is 5.82 Å². The molecule has 3 rings (SSSR count). The number of rotatable bonds is 3. The van der Waals surface area contributed by atoms with Gasteiger partial charge < -0.3 is 10.0 Å². The molecule has 0 aliphatic carbocycles. The van der Waals surface area contributed by atoms with E-state index >= 15 is 0 Å². The lowest BCUT2D eigenvalue weighted by Crippen LogP contribution is -2.35. The Morgan fingerprint density at radius 2 is 2.11 bits per heavy atom. The number of hydrogen-bond donors (Lipinski definition) is 1. The van der Waals surface area contributed by atoms with Gasteiger partial charge in [-0.25, -0.2) is 4.98 Å². The van der Waals surface area contributed by atoms with Crippen molar-refractivity contribution in [1.82, 2.24) is 9.88 Å². The van der Waals surface area contributed by atoms with Crippen LogP contribution >= 0.6 is 0 Å². The van der Waals surface area contributed by atoms with Crippen molar-refractivity contribution in [2.45, 2.75) is 31.9 Å². The van der Waals surface area contributed by atoms with Crippen molar-refractivity contribution in [3.05, 3.63) is 23.9 Å². The first-order valence-electron chi connectivity index (χ1n) is 6.92. The fourth-order valence-corrected chi connectivity index (χ4v) is 3.18. The highest BCUT2D eigenvalue weighted by Gasteiger charge is 2.30. The summed E-state index contributed by atoms with van der Waals surface area (Å²) < 4.78 is 0. The second-order valence-electron chi connectivity index (χ2n) is 5.28. The summed E-state index contributed by atoms with van der Waals surface area (Å²) in [6.45, 7) is 4.71. The molecule has 0 radical (unpaired) electrons. The number of pyridine rings is 1. The molecule has 2 aliphatic rings. The summed E-state index contributed by atoms with van der Waals surface area (Å²) >= 11 is 0. The highest BCUT2D eigenvalue weighted by atomic mass is 16.3. The lowest BCUT2D eigenvalue weighted by atomic mass is 10.2. The number of nitrogens with zero attached hydrogens (tertiary/aromatic N) is 3. The Balaban J connectivity index is 1.71. The fourth-order valence-electron chi connectivity index (χ4n) is 3.18. The number of anilines is 1. The molecule has 1 N–H and O–H groups in total. The third kappa shape index (κ3) is 2.22. The first-order chi connectivity index (χ1) is 8.88. The van der Waals surface area contributed by atoms with Crippen LogP contribution in [-0.4, -0.2) is 47.2 Å². The summed E-state index contributed by atoms with van der Waals surface area (Å²) in [5, 5.41) is 9.38. The largest absolute Gasteiger partial charge is 0.392 e. The van der Waals surface area contributed by atoms with E-state index in [1.54, 1.807) is 0 Å². The van der Waals surface area contributed by atoms with Gasteiger partial charge in [0, 0.05) is 30.9 Å². The summed E-state index contributed by atoms with van der Waals surface area (Å²) in [7, 11) is 0. The second-order valence-corrected chi connectivity index (χ2v) is 5.28. The smallest absolute Gasteiger partial charge is 0.134 e. The van der Waals surface area contributed by atoms with E-state index in [1.807, 2.05) is 18.3 Å². The van der Waals surface area contributed by atoms with Crippen LogP contribution in [0.15, 0.2) is 18.3 Å². The molecule has 0 saturated carbocycles. The van der Waals surface area contributed by atoms with Gasteiger partial charge in [-0.15, -0.1) is 0 Å². The van der Waals surface area contributed by atoms with Crippen molar-refractivity contribution in [2.24, 2.45) is 0 Å². The molecule has 98 valence electrons. The van der Waals surface area contributed by atoms with E-state index in [4.69, 9.17) is 0 Å². The van der Waals surface area contributed by atoms with Gasteiger partial charge in [0.15, 0.2) is 0 Å². The van der Waals surface area contributed by atoms with Gasteiger partial charge in [-0.2, -0.15) is 0 Å². The Labute approximate surface area is 108 Å². The summed E-state index contributed by atoms with van der Waals surface area (Å²) in [6, 6.07) is 4.54. The van der Waals surface area contributed by atoms with Crippen molar-refractivity contribution in [1.29, 1.82) is 0 Å². The molecule has 2 fully saturated rings. The molecule has 2 aliphatic heterocycles. The first kappa shape index (κ1) is 11.9. The highest BCUT2D eigenvalue weighted by Crippen LogP contribution is 2.26. The van der Waals surface area contributed by atoms with Crippen LogP contribution < -0.4 is 4.90 Å². The summed E-state index contributed by atoms with van der Waals surface area (Å²) in [5.41, 5.74) is 0.944. The van der Waals surface area contributed by atoms with Crippen molar-refractivity contribution >= 4 is 5.82 Å². The van der Waals surface area contributed by atoms with Crippen LogP contribution in [0.1, 0.15) is 24.8 Å². The zero-order chi connectivity index (χ0) is 12.4. The van der Waals surface area contributed by atoms with Gasteiger partial charge >= 0.3 is 0 Å². The van der Waals surface area contributed by atoms with E-state index in [-0.39, 0.29) is 6.61 Å². The van der Waals surface area contributed by atoms with Crippen molar-refractivity contribution in [2.75, 3.05) is 31.1 Å². The lowest BCUT2D eigenvalue weighted by Gasteiger charge is -2.24. The molecule has 18 heavy (non-hydrogen) atoms. The summed E-state index contributed by atoms with van der Waals surface area (Å²) in [4.78, 5) is 9.38. The van der Waals surface area contributed by atoms with Gasteiger partial charge in [0.05, 0.1) is 6.61 Å². The molecule has 0 aromatic carbocycles. The third-order valence-corrected chi connectivity index (χ3v) is 4.16. The van der Waals surface area contributed by atoms with Gasteiger partial charge in [0.2, 0.25) is 0 Å². The van der Waals surface area contributed by atoms with Gasteiger partial charge in [-0.1, -0.05) is 6.07 Å². The fraction of sp³-hybridized carbons (Fsp3) is 0.643. The zero-order valence-corrected chi connectivity index (χ0v) is 10.8. The molecule has 1 atom stereocenters. The molecule has 0 bridgehead atoms. The normalized spacial score (nSPS) is 24.9. The monoisotopic (exact) mass is 247 g/mol. The molecule has 2 saturated heterocycles. The lowest BCUT2D eigenvalue weighted by molar-refractivity contribution is 0.260. The van der Waals surface area contributed by atoms with Gasteiger partial charge in [-0.3, -0.25) is 4.90 Å². The quantitative estimate of drug-likeness (QED) is 0.872. The maximum atomic E-state index is 9.38. The van der Waals surface area contributed by atoms with Crippen molar-refractivity contribution in [3.8, 4) is 0 Å². The summed E-state index contributed by atoms with van der Waals surface area (Å²) in [6.07, 6.45) is 5.74. The average Bonchev–Trinajstić information content (AvgIpc) is 3.09. The number of aliphatic hydroxyl groups excluding tert-OH is 1. The second kappa shape index (κ2) is 5.24. The van der Waals surface area contributed by atoms with Gasteiger partial charge in [-0.05, 0) is 38.4 Å². The molecule has 1 aromatic rings. The molecule has 0 spiro atoms. The van der Waals surface area contributed by atoms with E-state index in [0.29, 0.717) is 6.04 Å². The number of aromatic nitrogens is 1. The standard InChI is InChI=1S/C14H21N3O/c18-11-12-4-3-6-15-14(12)17-9-5-13(10-17)16-7-1-2-8-16/h3-4,6,13,18H,1-2,5,7-11H2. The molecule has 3 heterocycles. The highest BCUT2D eigenvalue weighted by molar-refractivity contribution is 5.47. The van der Waals surface area contributed by atoms with E-state index in [2.05, 4.69) is 14.8 Å². The molecule has 0 amide bonds. The topological polar surface area (TPSA) is 39.6 Å². The SMILES string of the molecule is OCc1cccnc1N1CCC(N2CCCC2)C1. The minimum absolute atomic E-state index is 0.0774. The minimum atomic E-state index is 0.0774. The molecular weight excluding hydrogens is 226 g/mol. The molecular formula is C14H21N3O. The van der Waals surface area contributed by atoms with E-state index < -0.39 is 0 Å². The van der Waals surface area contributed by atoms with E-state index in [0.717, 1.165) is 24.5 Å². The van der Waals surface area contributed by atoms with Crippen LogP contribution in [0, 0.1) is 0 Å². The number of aliphatic hydroxyl groups is 1. The third-order valence-electron chi connectivity index (χ3n) is 4.16. The van der Waals surface area contributed by atoms with Crippen LogP contribution in [-0.2, 0) is 6.61 Å². The van der Waals surface area contributed by atoms with Crippen LogP contribution in [0.3, 0.4) is 0 Å². The predicted molar refractivity (Wildman–Crippen MR) is 71.6 cm³/mol. The van der Waals surface area contributed by atoms with Crippen LogP contribution in [0.5, 0.6) is 0 Å². The predicted octanol–water partition coefficient (Wildman–Crippen LogP) is 1.25. The molecule has 4 nitrogen and oxygen atoms in total. The van der Waals surface area contributed by atoms with Crippen LogP contribution in [0.2, 0.25) is 0 Å². The number of likely N-dealkylation sites (tertiary alicyclic amines) is 1. The Bertz CT molecular complexity index is 404. The van der Waals surface area contributed by atoms with Crippen molar-refractivity contribution in [3.63, 3.8) is 0 Å². The Morgan fingerprint density at radius 1 is 1.28 bits per heavy atom. The maximum Gasteiger partial charge on any atom is 0.134 e. The Kier molecular flexibility index (Phi) is 3.48. The van der Waals surface area contributed by atoms with Gasteiger partial charge in [0.25, 0.3) is 0 Å². The van der Waals surface area contributed by atoms with Crippen LogP contribution in [0.4, 0.5) is 5.82 Å². The molecule has 4 heteroatoms. The molecule has 1 aromatic heterocycles. The van der Waals surface area contributed by atoms with Crippen LogP contribution in [0.25, 0.3) is 0 Å². The van der Waals surface area contributed by atoms with Crippen molar-refractivity contribution < 1.29 is 5.11 Å². The minimum Gasteiger partial charge on any atom is -0.392 e. The number of hydrogen-bond acceptors (Lipinski definition) is 4. The molecule has 1 unspecified atom stereocenters. The average molecular weight is 247 g/mol. The zero-order valence-electron chi connectivity index (χ0n) is 10.8. The first-order valence-corrected chi connectivity index (χ1v) is 6.92. The summed E-state index contributed by atoms with van der Waals surface area (Å²) in [5.74, 6) is 0.974. The Morgan fingerprint density at radius 3 is 2.89 bits per heavy atom. The van der Waals surface area contributed by atoms with E-state index in [1.165, 1.54) is 32.4 Å². The Hall–Kier alpha value is -1.13.